The summed E-state index contributed by atoms with van der Waals surface area (Å²) in [6, 6.07) is 0. The molecule has 1 rings (SSSR count). The zero-order chi connectivity index (χ0) is 28.4. The van der Waals surface area contributed by atoms with E-state index in [0.29, 0.717) is 6.42 Å². The van der Waals surface area contributed by atoms with Crippen LogP contribution in [0.15, 0.2) is 24.8 Å². The van der Waals surface area contributed by atoms with Crippen molar-refractivity contribution < 1.29 is 33.7 Å². The van der Waals surface area contributed by atoms with E-state index in [4.69, 9.17) is 9.57 Å². The molecule has 1 aliphatic heterocycles. The van der Waals surface area contributed by atoms with Gasteiger partial charge in [-0.3, -0.25) is 14.4 Å². The first kappa shape index (κ1) is 34.0. The van der Waals surface area contributed by atoms with Gasteiger partial charge >= 0.3 is 17.8 Å². The molecular weight excluding hydrogens is 482 g/mol. The maximum Gasteiger partial charge on any atom is 0.413 e. The van der Waals surface area contributed by atoms with Crippen LogP contribution in [0.5, 0.6) is 0 Å². The van der Waals surface area contributed by atoms with Crippen LogP contribution in [0, 0.1) is 11.8 Å². The molecule has 0 aliphatic carbocycles. The highest BCUT2D eigenvalue weighted by atomic mass is 16.8. The van der Waals surface area contributed by atoms with Gasteiger partial charge in [-0.15, -0.1) is 6.58 Å². The predicted octanol–water partition coefficient (Wildman–Crippen LogP) is 6.94. The molecule has 0 spiro atoms. The quantitative estimate of drug-likeness (QED) is 0.0453. The number of allylic oxidation sites excluding steroid dienone is 2. The molecule has 38 heavy (non-hydrogen) atoms. The fraction of sp³-hybridized carbons (Fsp3) is 0.774. The van der Waals surface area contributed by atoms with Crippen LogP contribution in [0.25, 0.3) is 0 Å². The van der Waals surface area contributed by atoms with Crippen LogP contribution < -0.4 is 0 Å². The van der Waals surface area contributed by atoms with E-state index in [1.807, 2.05) is 6.08 Å². The van der Waals surface area contributed by atoms with Crippen molar-refractivity contribution in [1.82, 2.24) is 0 Å². The molecule has 0 saturated carbocycles. The Bertz CT molecular complexity index is 759. The third-order valence-corrected chi connectivity index (χ3v) is 7.23. The Morgan fingerprint density at radius 2 is 1.55 bits per heavy atom. The summed E-state index contributed by atoms with van der Waals surface area (Å²) in [5.41, 5.74) is 0. The molecule has 1 fully saturated rings. The molecule has 0 aromatic carbocycles. The first-order valence-corrected chi connectivity index (χ1v) is 14.8. The summed E-state index contributed by atoms with van der Waals surface area (Å²) < 4.78 is 4.54. The second-order valence-electron chi connectivity index (χ2n) is 11.5. The minimum Gasteiger partial charge on any atom is -0.381 e. The third-order valence-electron chi connectivity index (χ3n) is 7.23. The minimum absolute atomic E-state index is 0.0293. The molecule has 1 heterocycles. The number of ketones is 1. The standard InChI is InChI=1S/C31H54NO6/c1-6-7-23-30(35)38-32(4,5)31(36)27(28(33)24-25-29(34)37-31)22-20-18-16-14-12-10-8-9-11-13-15-17-19-21-26(2)3/h6,20,22,26-27,36H,1,7-19,21,23-25H2,2-5H3/q+1. The van der Waals surface area contributed by atoms with E-state index in [-0.39, 0.29) is 25.0 Å². The number of Topliss-reactive ketones (excluding diaryl/α,β-unsaturated/α-hetero) is 1. The number of hydrogen-bond donors (Lipinski definition) is 1. The van der Waals surface area contributed by atoms with Crippen LogP contribution in [-0.2, 0) is 24.0 Å². The first-order valence-electron chi connectivity index (χ1n) is 14.8. The molecule has 218 valence electrons. The molecule has 0 radical (unpaired) electrons. The van der Waals surface area contributed by atoms with Gasteiger partial charge in [0.2, 0.25) is 0 Å². The summed E-state index contributed by atoms with van der Waals surface area (Å²) in [6.45, 7) is 8.17. The number of unbranched alkanes of at least 4 members (excludes halogenated alkanes) is 11. The van der Waals surface area contributed by atoms with Crippen LogP contribution in [0.2, 0.25) is 0 Å². The summed E-state index contributed by atoms with van der Waals surface area (Å²) in [5.74, 6) is -4.23. The molecule has 0 amide bonds. The van der Waals surface area contributed by atoms with E-state index in [1.54, 1.807) is 12.2 Å². The van der Waals surface area contributed by atoms with E-state index >= 15 is 0 Å². The molecule has 2 atom stereocenters. The maximum atomic E-state index is 12.9. The van der Waals surface area contributed by atoms with Crippen molar-refractivity contribution in [2.75, 3.05) is 14.1 Å². The predicted molar refractivity (Wildman–Crippen MR) is 150 cm³/mol. The number of hydroxylamine groups is 3. The normalized spacial score (nSPS) is 20.5. The van der Waals surface area contributed by atoms with Gasteiger partial charge in [-0.25, -0.2) is 4.79 Å². The molecule has 7 heteroatoms. The molecule has 0 aromatic heterocycles. The van der Waals surface area contributed by atoms with Crippen LogP contribution >= 0.6 is 0 Å². The van der Waals surface area contributed by atoms with Crippen molar-refractivity contribution in [3.63, 3.8) is 0 Å². The fourth-order valence-electron chi connectivity index (χ4n) is 4.77. The van der Waals surface area contributed by atoms with Crippen LogP contribution in [0.1, 0.15) is 123 Å². The highest BCUT2D eigenvalue weighted by molar-refractivity contribution is 5.88. The Morgan fingerprint density at radius 1 is 1.00 bits per heavy atom. The molecule has 2 unspecified atom stereocenters. The number of rotatable bonds is 20. The topological polar surface area (TPSA) is 89.9 Å². The lowest BCUT2D eigenvalue weighted by Gasteiger charge is -2.40. The molecule has 0 aromatic rings. The zero-order valence-corrected chi connectivity index (χ0v) is 24.6. The summed E-state index contributed by atoms with van der Waals surface area (Å²) in [4.78, 5) is 42.7. The monoisotopic (exact) mass is 536 g/mol. The molecule has 1 saturated heterocycles. The number of nitrogens with zero attached hydrogens (tertiary/aromatic N) is 1. The number of hydrogen-bond acceptors (Lipinski definition) is 6. The zero-order valence-electron chi connectivity index (χ0n) is 24.6. The SMILES string of the molecule is C=CCCC(=O)O[N+](C)(C)C1(O)OC(=O)CCC(=O)C1C=CCCCCCCCCCCCCCC(C)C. The number of quaternary nitrogens is 1. The Hall–Kier alpha value is -1.99. The van der Waals surface area contributed by atoms with E-state index in [1.165, 1.54) is 78.3 Å². The number of esters is 1. The maximum absolute atomic E-state index is 12.9. The van der Waals surface area contributed by atoms with Gasteiger partial charge in [-0.05, 0) is 25.2 Å². The van der Waals surface area contributed by atoms with Gasteiger partial charge in [0.15, 0.2) is 11.7 Å². The summed E-state index contributed by atoms with van der Waals surface area (Å²) >= 11 is 0. The Morgan fingerprint density at radius 3 is 2.11 bits per heavy atom. The summed E-state index contributed by atoms with van der Waals surface area (Å²) in [6.07, 6.45) is 21.5. The largest absolute Gasteiger partial charge is 0.413 e. The van der Waals surface area contributed by atoms with E-state index in [0.717, 1.165) is 25.2 Å². The van der Waals surface area contributed by atoms with Gasteiger partial charge < -0.3 is 9.84 Å². The molecule has 0 bridgehead atoms. The van der Waals surface area contributed by atoms with Gasteiger partial charge in [-0.2, -0.15) is 0 Å². The summed E-state index contributed by atoms with van der Waals surface area (Å²) in [7, 11) is 2.82. The summed E-state index contributed by atoms with van der Waals surface area (Å²) in [5, 5.41) is 11.4. The Labute approximate surface area is 231 Å². The molecule has 1 aliphatic rings. The second kappa shape index (κ2) is 18.3. The third kappa shape index (κ3) is 12.7. The van der Waals surface area contributed by atoms with Crippen molar-refractivity contribution in [2.45, 2.75) is 129 Å². The minimum atomic E-state index is -2.33. The number of aliphatic hydroxyl groups is 1. The van der Waals surface area contributed by atoms with Crippen LogP contribution in [0.3, 0.4) is 0 Å². The Balaban J connectivity index is 2.45. The van der Waals surface area contributed by atoms with Gasteiger partial charge in [0.05, 0.1) is 12.8 Å². The van der Waals surface area contributed by atoms with Crippen molar-refractivity contribution in [3.8, 4) is 0 Å². The smallest absolute Gasteiger partial charge is 0.381 e. The second-order valence-corrected chi connectivity index (χ2v) is 11.5. The van der Waals surface area contributed by atoms with E-state index < -0.39 is 28.4 Å². The highest BCUT2D eigenvalue weighted by Crippen LogP contribution is 2.35. The van der Waals surface area contributed by atoms with Gasteiger partial charge in [-0.1, -0.05) is 107 Å². The molecular formula is C31H54NO6+. The van der Waals surface area contributed by atoms with Crippen LogP contribution in [0.4, 0.5) is 0 Å². The lowest BCUT2D eigenvalue weighted by Crippen LogP contribution is -2.66. The lowest BCUT2D eigenvalue weighted by molar-refractivity contribution is -1.14. The van der Waals surface area contributed by atoms with E-state index in [2.05, 4.69) is 20.4 Å². The number of cyclic esters (lactones) is 1. The molecule has 1 N–H and O–H groups in total. The van der Waals surface area contributed by atoms with Crippen molar-refractivity contribution in [1.29, 1.82) is 0 Å². The fourth-order valence-corrected chi connectivity index (χ4v) is 4.77. The number of ether oxygens (including phenoxy) is 1. The first-order chi connectivity index (χ1) is 18.0. The lowest BCUT2D eigenvalue weighted by atomic mass is 9.95. The highest BCUT2D eigenvalue weighted by Gasteiger charge is 2.61. The number of carbonyl (C=O) groups excluding carboxylic acids is 3. The van der Waals surface area contributed by atoms with Crippen LogP contribution in [-0.4, -0.2) is 47.5 Å². The van der Waals surface area contributed by atoms with Crippen molar-refractivity contribution in [3.05, 3.63) is 24.8 Å². The molecule has 7 nitrogen and oxygen atoms in total. The number of carbonyl (C=O) groups is 3. The van der Waals surface area contributed by atoms with Crippen molar-refractivity contribution in [2.24, 2.45) is 11.8 Å². The average Bonchev–Trinajstić information content (AvgIpc) is 2.95. The van der Waals surface area contributed by atoms with Crippen molar-refractivity contribution >= 4 is 17.7 Å². The Kier molecular flexibility index (Phi) is 16.4. The van der Waals surface area contributed by atoms with Gasteiger partial charge in [0.1, 0.15) is 14.1 Å². The van der Waals surface area contributed by atoms with E-state index in [9.17, 15) is 19.5 Å². The van der Waals surface area contributed by atoms with Gasteiger partial charge in [0.25, 0.3) is 0 Å². The van der Waals surface area contributed by atoms with Gasteiger partial charge in [0, 0.05) is 6.42 Å². The average molecular weight is 537 g/mol.